The van der Waals surface area contributed by atoms with Gasteiger partial charge in [0.2, 0.25) is 0 Å². The number of benzene rings is 1. The van der Waals surface area contributed by atoms with Crippen LogP contribution in [0.25, 0.3) is 0 Å². The summed E-state index contributed by atoms with van der Waals surface area (Å²) in [6.07, 6.45) is 1.76. The quantitative estimate of drug-likeness (QED) is 0.585. The Hall–Kier alpha value is -1.13. The summed E-state index contributed by atoms with van der Waals surface area (Å²) in [6, 6.07) is 4.55. The summed E-state index contributed by atoms with van der Waals surface area (Å²) >= 11 is 7.33. The minimum Gasteiger partial charge on any atom is -0.493 e. The Kier molecular flexibility index (Phi) is 5.16. The van der Waals surface area contributed by atoms with Gasteiger partial charge in [0.1, 0.15) is 11.6 Å². The zero-order valence-corrected chi connectivity index (χ0v) is 12.2. The molecule has 0 spiro atoms. The molecule has 1 aromatic carbocycles. The number of halogens is 2. The lowest BCUT2D eigenvalue weighted by molar-refractivity contribution is 0.308. The Balaban J connectivity index is 1.77. The van der Waals surface area contributed by atoms with E-state index in [1.807, 2.05) is 12.3 Å². The van der Waals surface area contributed by atoms with Gasteiger partial charge < -0.3 is 4.74 Å². The molecule has 0 aliphatic rings. The van der Waals surface area contributed by atoms with Crippen LogP contribution in [-0.2, 0) is 12.3 Å². The second-order valence-electron chi connectivity index (χ2n) is 4.23. The van der Waals surface area contributed by atoms with Crippen molar-refractivity contribution in [1.29, 1.82) is 0 Å². The summed E-state index contributed by atoms with van der Waals surface area (Å²) in [5, 5.41) is 3.06. The van der Waals surface area contributed by atoms with Crippen molar-refractivity contribution in [2.24, 2.45) is 0 Å². The van der Waals surface area contributed by atoms with Crippen molar-refractivity contribution in [1.82, 2.24) is 4.98 Å². The first kappa shape index (κ1) is 14.3. The van der Waals surface area contributed by atoms with Crippen LogP contribution in [0, 0.1) is 12.7 Å². The first-order chi connectivity index (χ1) is 9.19. The van der Waals surface area contributed by atoms with Gasteiger partial charge in [-0.1, -0.05) is 0 Å². The molecule has 0 unspecified atom stereocenters. The van der Waals surface area contributed by atoms with Crippen LogP contribution in [0.1, 0.15) is 22.7 Å². The average molecular weight is 300 g/mol. The lowest BCUT2D eigenvalue weighted by Crippen LogP contribution is -2.01. The molecular weight excluding hydrogens is 285 g/mol. The predicted molar refractivity (Wildman–Crippen MR) is 76.6 cm³/mol. The van der Waals surface area contributed by atoms with Crippen LogP contribution in [0.2, 0.25) is 0 Å². The average Bonchev–Trinajstić information content (AvgIpc) is 2.84. The van der Waals surface area contributed by atoms with Gasteiger partial charge in [-0.05, 0) is 37.1 Å². The number of hydrogen-bond donors (Lipinski definition) is 0. The monoisotopic (exact) mass is 299 g/mol. The summed E-state index contributed by atoms with van der Waals surface area (Å²) in [5.41, 5.74) is 1.75. The molecule has 0 atom stereocenters. The van der Waals surface area contributed by atoms with Gasteiger partial charge in [0.15, 0.2) is 0 Å². The standard InChI is InChI=1S/C14H15ClFNOS/c1-10-7-11(16)4-5-13(10)18-6-2-3-14-17-12(8-15)9-19-14/h4-5,7,9H,2-3,6,8H2,1H3. The second-order valence-corrected chi connectivity index (χ2v) is 5.44. The molecule has 2 nitrogen and oxygen atoms in total. The van der Waals surface area contributed by atoms with E-state index in [4.69, 9.17) is 16.3 Å². The van der Waals surface area contributed by atoms with E-state index in [1.165, 1.54) is 12.1 Å². The van der Waals surface area contributed by atoms with E-state index < -0.39 is 0 Å². The second kappa shape index (κ2) is 6.87. The number of alkyl halides is 1. The third-order valence-corrected chi connectivity index (χ3v) is 3.90. The van der Waals surface area contributed by atoms with Crippen LogP contribution in [0.4, 0.5) is 4.39 Å². The first-order valence-corrected chi connectivity index (χ1v) is 7.48. The highest BCUT2D eigenvalue weighted by molar-refractivity contribution is 7.09. The fourth-order valence-electron chi connectivity index (χ4n) is 1.71. The maximum Gasteiger partial charge on any atom is 0.123 e. The van der Waals surface area contributed by atoms with Crippen LogP contribution in [0.3, 0.4) is 0 Å². The Bertz CT molecular complexity index is 544. The summed E-state index contributed by atoms with van der Waals surface area (Å²) in [7, 11) is 0. The molecule has 1 aromatic heterocycles. The van der Waals surface area contributed by atoms with Gasteiger partial charge in [-0.3, -0.25) is 0 Å². The van der Waals surface area contributed by atoms with E-state index in [1.54, 1.807) is 17.4 Å². The maximum absolute atomic E-state index is 12.9. The summed E-state index contributed by atoms with van der Waals surface area (Å²) in [4.78, 5) is 4.38. The molecule has 0 radical (unpaired) electrons. The lowest BCUT2D eigenvalue weighted by atomic mass is 10.2. The van der Waals surface area contributed by atoms with E-state index in [0.29, 0.717) is 12.5 Å². The molecule has 5 heteroatoms. The first-order valence-electron chi connectivity index (χ1n) is 6.07. The van der Waals surface area contributed by atoms with Gasteiger partial charge in [0.05, 0.1) is 23.2 Å². The summed E-state index contributed by atoms with van der Waals surface area (Å²) < 4.78 is 18.6. The van der Waals surface area contributed by atoms with Crippen LogP contribution in [0.5, 0.6) is 5.75 Å². The molecule has 1 heterocycles. The third-order valence-electron chi connectivity index (χ3n) is 2.67. The van der Waals surface area contributed by atoms with Crippen LogP contribution >= 0.6 is 22.9 Å². The van der Waals surface area contributed by atoms with E-state index in [2.05, 4.69) is 4.98 Å². The molecule has 0 aliphatic carbocycles. The Labute approximate surface area is 121 Å². The van der Waals surface area contributed by atoms with Crippen molar-refractivity contribution >= 4 is 22.9 Å². The molecule has 0 saturated heterocycles. The van der Waals surface area contributed by atoms with Crippen LogP contribution in [-0.4, -0.2) is 11.6 Å². The zero-order valence-electron chi connectivity index (χ0n) is 10.7. The minimum absolute atomic E-state index is 0.235. The Morgan fingerprint density at radius 1 is 1.42 bits per heavy atom. The van der Waals surface area contributed by atoms with E-state index in [-0.39, 0.29) is 5.82 Å². The summed E-state index contributed by atoms with van der Waals surface area (Å²) in [5.74, 6) is 0.963. The molecule has 0 amide bonds. The topological polar surface area (TPSA) is 22.1 Å². The minimum atomic E-state index is -0.235. The highest BCUT2D eigenvalue weighted by Crippen LogP contribution is 2.19. The number of hydrogen-bond acceptors (Lipinski definition) is 3. The van der Waals surface area contributed by atoms with Crippen LogP contribution < -0.4 is 4.74 Å². The van der Waals surface area contributed by atoms with Gasteiger partial charge >= 0.3 is 0 Å². The van der Waals surface area contributed by atoms with E-state index in [0.717, 1.165) is 34.9 Å². The maximum atomic E-state index is 12.9. The van der Waals surface area contributed by atoms with Gasteiger partial charge in [0.25, 0.3) is 0 Å². The number of nitrogens with zero attached hydrogens (tertiary/aromatic N) is 1. The van der Waals surface area contributed by atoms with Gasteiger partial charge in [-0.25, -0.2) is 9.37 Å². The number of thiazole rings is 1. The van der Waals surface area contributed by atoms with Crippen molar-refractivity contribution in [2.45, 2.75) is 25.6 Å². The molecule has 0 N–H and O–H groups in total. The molecule has 0 saturated carbocycles. The normalized spacial score (nSPS) is 10.7. The van der Waals surface area contributed by atoms with Crippen molar-refractivity contribution in [3.8, 4) is 5.75 Å². The van der Waals surface area contributed by atoms with Crippen molar-refractivity contribution in [3.05, 3.63) is 45.7 Å². The van der Waals surface area contributed by atoms with Crippen molar-refractivity contribution in [3.63, 3.8) is 0 Å². The van der Waals surface area contributed by atoms with Crippen molar-refractivity contribution < 1.29 is 9.13 Å². The fourth-order valence-corrected chi connectivity index (χ4v) is 2.77. The molecule has 2 rings (SSSR count). The molecule has 0 fully saturated rings. The predicted octanol–water partition coefficient (Wildman–Crippen LogP) is 4.34. The molecular formula is C14H15ClFNOS. The van der Waals surface area contributed by atoms with E-state index >= 15 is 0 Å². The van der Waals surface area contributed by atoms with Crippen LogP contribution in [0.15, 0.2) is 23.6 Å². The number of rotatable bonds is 6. The Morgan fingerprint density at radius 3 is 2.95 bits per heavy atom. The van der Waals surface area contributed by atoms with Gasteiger partial charge in [-0.2, -0.15) is 0 Å². The number of aryl methyl sites for hydroxylation is 2. The summed E-state index contributed by atoms with van der Waals surface area (Å²) in [6.45, 7) is 2.44. The highest BCUT2D eigenvalue weighted by atomic mass is 35.5. The molecule has 102 valence electrons. The third kappa shape index (κ3) is 4.18. The molecule has 2 aromatic rings. The largest absolute Gasteiger partial charge is 0.493 e. The number of ether oxygens (including phenoxy) is 1. The molecule has 0 bridgehead atoms. The van der Waals surface area contributed by atoms with Gasteiger partial charge in [-0.15, -0.1) is 22.9 Å². The zero-order chi connectivity index (χ0) is 13.7. The Morgan fingerprint density at radius 2 is 2.26 bits per heavy atom. The molecule has 0 aliphatic heterocycles. The molecule has 19 heavy (non-hydrogen) atoms. The SMILES string of the molecule is Cc1cc(F)ccc1OCCCc1nc(CCl)cs1. The van der Waals surface area contributed by atoms with Crippen molar-refractivity contribution in [2.75, 3.05) is 6.61 Å². The van der Waals surface area contributed by atoms with E-state index in [9.17, 15) is 4.39 Å². The smallest absolute Gasteiger partial charge is 0.123 e. The van der Waals surface area contributed by atoms with Gasteiger partial charge in [0, 0.05) is 11.8 Å². The lowest BCUT2D eigenvalue weighted by Gasteiger charge is -2.08. The fraction of sp³-hybridized carbons (Fsp3) is 0.357. The highest BCUT2D eigenvalue weighted by Gasteiger charge is 2.03. The number of aromatic nitrogens is 1.